The van der Waals surface area contributed by atoms with Crippen LogP contribution in [-0.2, 0) is 6.42 Å². The molecule has 1 fully saturated rings. The molecule has 21 heavy (non-hydrogen) atoms. The van der Waals surface area contributed by atoms with Crippen LogP contribution >= 0.6 is 11.6 Å². The molecule has 0 amide bonds. The molecule has 0 spiro atoms. The molecule has 0 aliphatic heterocycles. The number of aryl methyl sites for hydroxylation is 1. The van der Waals surface area contributed by atoms with E-state index >= 15 is 0 Å². The zero-order valence-corrected chi connectivity index (χ0v) is 13.2. The second-order valence-corrected chi connectivity index (χ2v) is 6.42. The molecule has 3 rings (SSSR count). The monoisotopic (exact) mass is 299 g/mol. The lowest BCUT2D eigenvalue weighted by Gasteiger charge is -2.37. The van der Waals surface area contributed by atoms with Crippen molar-refractivity contribution in [2.75, 3.05) is 6.54 Å². The quantitative estimate of drug-likeness (QED) is 0.842. The molecule has 0 unspecified atom stereocenters. The first-order chi connectivity index (χ1) is 10.2. The van der Waals surface area contributed by atoms with E-state index in [4.69, 9.17) is 11.6 Å². The standard InChI is InChI=1S/C19H22ClN/c1-14-6-2-3-7-15(14)10-11-21-17-12-16(13-17)18-8-4-5-9-19(18)20/h2-9,16-17,21H,10-13H2,1H3. The molecule has 1 N–H and O–H groups in total. The molecule has 2 aromatic rings. The molecule has 0 bridgehead atoms. The summed E-state index contributed by atoms with van der Waals surface area (Å²) in [6.07, 6.45) is 3.52. The highest BCUT2D eigenvalue weighted by molar-refractivity contribution is 6.31. The number of halogens is 1. The smallest absolute Gasteiger partial charge is 0.0440 e. The molecule has 1 nitrogen and oxygen atoms in total. The largest absolute Gasteiger partial charge is 0.314 e. The maximum absolute atomic E-state index is 6.26. The zero-order chi connectivity index (χ0) is 14.7. The van der Waals surface area contributed by atoms with Gasteiger partial charge in [-0.15, -0.1) is 0 Å². The minimum atomic E-state index is 0.634. The Morgan fingerprint density at radius 3 is 2.52 bits per heavy atom. The molecule has 1 aliphatic carbocycles. The van der Waals surface area contributed by atoms with Gasteiger partial charge in [0.05, 0.1) is 0 Å². The average molecular weight is 300 g/mol. The molecular formula is C19H22ClN. The minimum Gasteiger partial charge on any atom is -0.314 e. The first-order valence-corrected chi connectivity index (χ1v) is 8.14. The summed E-state index contributed by atoms with van der Waals surface area (Å²) in [6, 6.07) is 17.5. The Morgan fingerprint density at radius 2 is 1.76 bits per heavy atom. The van der Waals surface area contributed by atoms with E-state index in [1.54, 1.807) is 0 Å². The van der Waals surface area contributed by atoms with Crippen molar-refractivity contribution >= 4 is 11.6 Å². The summed E-state index contributed by atoms with van der Waals surface area (Å²) in [5.41, 5.74) is 4.16. The molecule has 2 aromatic carbocycles. The van der Waals surface area contributed by atoms with E-state index in [-0.39, 0.29) is 0 Å². The van der Waals surface area contributed by atoms with Gasteiger partial charge in [0.2, 0.25) is 0 Å². The first kappa shape index (κ1) is 14.6. The molecule has 1 saturated carbocycles. The van der Waals surface area contributed by atoms with Crippen LogP contribution in [0, 0.1) is 6.92 Å². The molecule has 110 valence electrons. The Balaban J connectivity index is 1.44. The molecule has 0 saturated heterocycles. The highest BCUT2D eigenvalue weighted by Crippen LogP contribution is 2.39. The average Bonchev–Trinajstić information content (AvgIpc) is 2.44. The Labute approximate surface area is 132 Å². The van der Waals surface area contributed by atoms with Crippen LogP contribution in [0.25, 0.3) is 0 Å². The van der Waals surface area contributed by atoms with Gasteiger partial charge in [0, 0.05) is 11.1 Å². The van der Waals surface area contributed by atoms with Crippen molar-refractivity contribution in [1.29, 1.82) is 0 Å². The number of hydrogen-bond donors (Lipinski definition) is 1. The van der Waals surface area contributed by atoms with E-state index in [2.05, 4.69) is 48.6 Å². The van der Waals surface area contributed by atoms with Crippen LogP contribution in [0.5, 0.6) is 0 Å². The van der Waals surface area contributed by atoms with Gasteiger partial charge >= 0.3 is 0 Å². The summed E-state index contributed by atoms with van der Waals surface area (Å²) in [4.78, 5) is 0. The molecular weight excluding hydrogens is 278 g/mol. The van der Waals surface area contributed by atoms with Gasteiger partial charge in [-0.1, -0.05) is 54.1 Å². The Hall–Kier alpha value is -1.31. The van der Waals surface area contributed by atoms with E-state index in [9.17, 15) is 0 Å². The van der Waals surface area contributed by atoms with Crippen molar-refractivity contribution in [2.45, 2.75) is 38.1 Å². The number of rotatable bonds is 5. The van der Waals surface area contributed by atoms with E-state index in [1.807, 2.05) is 12.1 Å². The first-order valence-electron chi connectivity index (χ1n) is 7.76. The van der Waals surface area contributed by atoms with E-state index in [1.165, 1.54) is 29.5 Å². The van der Waals surface area contributed by atoms with Crippen LogP contribution < -0.4 is 5.32 Å². The van der Waals surface area contributed by atoms with Gasteiger partial charge < -0.3 is 5.32 Å². The number of benzene rings is 2. The molecule has 0 atom stereocenters. The van der Waals surface area contributed by atoms with Gasteiger partial charge in [0.1, 0.15) is 0 Å². The van der Waals surface area contributed by atoms with Gasteiger partial charge in [-0.2, -0.15) is 0 Å². The fourth-order valence-electron chi connectivity index (χ4n) is 3.15. The molecule has 0 aromatic heterocycles. The maximum atomic E-state index is 6.26. The predicted octanol–water partition coefficient (Wildman–Crippen LogP) is 4.73. The zero-order valence-electron chi connectivity index (χ0n) is 12.5. The molecule has 0 radical (unpaired) electrons. The summed E-state index contributed by atoms with van der Waals surface area (Å²) >= 11 is 6.26. The third-order valence-electron chi connectivity index (χ3n) is 4.57. The topological polar surface area (TPSA) is 12.0 Å². The van der Waals surface area contributed by atoms with Crippen molar-refractivity contribution < 1.29 is 0 Å². The highest BCUT2D eigenvalue weighted by atomic mass is 35.5. The van der Waals surface area contributed by atoms with Crippen LogP contribution in [0.1, 0.15) is 35.4 Å². The van der Waals surface area contributed by atoms with E-state index in [0.29, 0.717) is 12.0 Å². The summed E-state index contributed by atoms with van der Waals surface area (Å²) < 4.78 is 0. The van der Waals surface area contributed by atoms with Crippen LogP contribution in [0.4, 0.5) is 0 Å². The summed E-state index contributed by atoms with van der Waals surface area (Å²) in [5, 5.41) is 4.59. The summed E-state index contributed by atoms with van der Waals surface area (Å²) in [6.45, 7) is 3.25. The minimum absolute atomic E-state index is 0.634. The molecule has 2 heteroatoms. The van der Waals surface area contributed by atoms with Crippen molar-refractivity contribution in [3.63, 3.8) is 0 Å². The third-order valence-corrected chi connectivity index (χ3v) is 4.92. The lowest BCUT2D eigenvalue weighted by Crippen LogP contribution is -2.41. The van der Waals surface area contributed by atoms with E-state index < -0.39 is 0 Å². The fraction of sp³-hybridized carbons (Fsp3) is 0.368. The Kier molecular flexibility index (Phi) is 4.62. The van der Waals surface area contributed by atoms with Crippen molar-refractivity contribution in [3.8, 4) is 0 Å². The van der Waals surface area contributed by atoms with Gasteiger partial charge in [0.15, 0.2) is 0 Å². The lowest BCUT2D eigenvalue weighted by atomic mass is 9.76. The predicted molar refractivity (Wildman–Crippen MR) is 90.1 cm³/mol. The molecule has 1 aliphatic rings. The maximum Gasteiger partial charge on any atom is 0.0440 e. The Bertz CT molecular complexity index is 602. The van der Waals surface area contributed by atoms with Crippen LogP contribution in [0.3, 0.4) is 0 Å². The third kappa shape index (κ3) is 3.48. The van der Waals surface area contributed by atoms with Crippen molar-refractivity contribution in [3.05, 3.63) is 70.2 Å². The normalized spacial score (nSPS) is 21.0. The number of hydrogen-bond acceptors (Lipinski definition) is 1. The van der Waals surface area contributed by atoms with Gasteiger partial charge in [-0.3, -0.25) is 0 Å². The summed E-state index contributed by atoms with van der Waals surface area (Å²) in [5.74, 6) is 0.634. The van der Waals surface area contributed by atoms with Crippen molar-refractivity contribution in [2.24, 2.45) is 0 Å². The summed E-state index contributed by atoms with van der Waals surface area (Å²) in [7, 11) is 0. The van der Waals surface area contributed by atoms with Gasteiger partial charge in [-0.05, 0) is 61.4 Å². The SMILES string of the molecule is Cc1ccccc1CCNC1CC(c2ccccc2Cl)C1. The lowest BCUT2D eigenvalue weighted by molar-refractivity contribution is 0.293. The van der Waals surface area contributed by atoms with E-state index in [0.717, 1.165) is 18.0 Å². The van der Waals surface area contributed by atoms with Gasteiger partial charge in [-0.25, -0.2) is 0 Å². The highest BCUT2D eigenvalue weighted by Gasteiger charge is 2.30. The molecule has 0 heterocycles. The van der Waals surface area contributed by atoms with Gasteiger partial charge in [0.25, 0.3) is 0 Å². The fourth-order valence-corrected chi connectivity index (χ4v) is 3.44. The van der Waals surface area contributed by atoms with Crippen LogP contribution in [0.2, 0.25) is 5.02 Å². The van der Waals surface area contributed by atoms with Crippen LogP contribution in [-0.4, -0.2) is 12.6 Å². The number of nitrogens with one attached hydrogen (secondary N) is 1. The second kappa shape index (κ2) is 6.64. The van der Waals surface area contributed by atoms with Crippen LogP contribution in [0.15, 0.2) is 48.5 Å². The Morgan fingerprint density at radius 1 is 1.05 bits per heavy atom. The van der Waals surface area contributed by atoms with Crippen molar-refractivity contribution in [1.82, 2.24) is 5.32 Å². The second-order valence-electron chi connectivity index (χ2n) is 6.02.